The molecule has 0 aliphatic carbocycles. The molecule has 1 amide bonds. The summed E-state index contributed by atoms with van der Waals surface area (Å²) in [5.74, 6) is 0.590. The molecule has 0 bridgehead atoms. The fraction of sp³-hybridized carbons (Fsp3) is 0.419. The van der Waals surface area contributed by atoms with Gasteiger partial charge in [-0.3, -0.25) is 9.59 Å². The molecule has 13 heteroatoms. The van der Waals surface area contributed by atoms with Gasteiger partial charge in [0.05, 0.1) is 18.1 Å². The molecule has 234 valence electrons. The fourth-order valence-electron chi connectivity index (χ4n) is 5.37. The summed E-state index contributed by atoms with van der Waals surface area (Å²) in [6.07, 6.45) is -2.90. The van der Waals surface area contributed by atoms with Crippen LogP contribution in [0, 0.1) is 5.92 Å². The zero-order chi connectivity index (χ0) is 31.3. The van der Waals surface area contributed by atoms with Crippen LogP contribution in [-0.2, 0) is 21.5 Å². The highest BCUT2D eigenvalue weighted by molar-refractivity contribution is 7.98. The minimum atomic E-state index is -4.38. The van der Waals surface area contributed by atoms with E-state index in [1.807, 2.05) is 17.0 Å². The Morgan fingerprint density at radius 1 is 1.00 bits per heavy atom. The number of alkyl halides is 3. The fourth-order valence-corrected chi connectivity index (χ4v) is 6.41. The van der Waals surface area contributed by atoms with Crippen molar-refractivity contribution in [1.29, 1.82) is 0 Å². The number of anilines is 2. The highest BCUT2D eigenvalue weighted by atomic mass is 35.5. The Morgan fingerprint density at radius 3 is 2.43 bits per heavy atom. The number of esters is 1. The van der Waals surface area contributed by atoms with Gasteiger partial charge >= 0.3 is 12.1 Å². The van der Waals surface area contributed by atoms with Gasteiger partial charge in [-0.25, -0.2) is 9.97 Å². The van der Waals surface area contributed by atoms with Crippen molar-refractivity contribution in [1.82, 2.24) is 14.9 Å². The average molecular weight is 648 g/mol. The predicted molar refractivity (Wildman–Crippen MR) is 164 cm³/mol. The highest BCUT2D eigenvalue weighted by Gasteiger charge is 2.32. The second kappa shape index (κ2) is 14.1. The van der Waals surface area contributed by atoms with Crippen LogP contribution in [0.4, 0.5) is 24.7 Å². The Balaban J connectivity index is 1.16. The number of hydrogen-bond acceptors (Lipinski definition) is 8. The quantitative estimate of drug-likeness (QED) is 0.124. The number of halogens is 4. The number of rotatable bonds is 8. The number of aromatic nitrogens is 2. The minimum Gasteiger partial charge on any atom is -0.466 e. The maximum atomic E-state index is 13.2. The molecule has 5 rings (SSSR count). The Bertz CT molecular complexity index is 1470. The number of ether oxygens (including phenoxy) is 1. The van der Waals surface area contributed by atoms with Crippen molar-refractivity contribution >= 4 is 46.7 Å². The Kier molecular flexibility index (Phi) is 10.2. The highest BCUT2D eigenvalue weighted by Crippen LogP contribution is 2.32. The number of hydrogen-bond donors (Lipinski definition) is 0. The third kappa shape index (κ3) is 7.95. The van der Waals surface area contributed by atoms with Crippen LogP contribution in [0.15, 0.2) is 59.8 Å². The molecule has 2 saturated heterocycles. The van der Waals surface area contributed by atoms with E-state index in [1.165, 1.54) is 23.9 Å². The molecule has 0 N–H and O–H groups in total. The lowest BCUT2D eigenvalue weighted by atomic mass is 9.97. The average Bonchev–Trinajstić information content (AvgIpc) is 3.03. The molecule has 0 radical (unpaired) electrons. The number of carbonyl (C=O) groups excluding carboxylic acids is 2. The van der Waals surface area contributed by atoms with Gasteiger partial charge in [0.2, 0.25) is 0 Å². The van der Waals surface area contributed by atoms with Gasteiger partial charge in [-0.05, 0) is 55.7 Å². The van der Waals surface area contributed by atoms with E-state index in [0.717, 1.165) is 24.5 Å². The number of thioether (sulfide) groups is 1. The number of amides is 1. The molecule has 1 aromatic heterocycles. The normalized spacial score (nSPS) is 17.5. The molecule has 0 saturated carbocycles. The molecule has 3 heterocycles. The van der Waals surface area contributed by atoms with E-state index in [1.54, 1.807) is 36.1 Å². The number of piperidine rings is 1. The van der Waals surface area contributed by atoms with E-state index in [0.29, 0.717) is 79.0 Å². The molecule has 2 fully saturated rings. The summed E-state index contributed by atoms with van der Waals surface area (Å²) in [6.45, 7) is 5.30. The van der Waals surface area contributed by atoms with Crippen molar-refractivity contribution in [3.63, 3.8) is 0 Å². The molecule has 2 aromatic carbocycles. The molecule has 44 heavy (non-hydrogen) atoms. The first-order chi connectivity index (χ1) is 21.1. The van der Waals surface area contributed by atoms with Gasteiger partial charge in [-0.1, -0.05) is 41.6 Å². The molecular formula is C31H33ClF3N5O3S. The lowest BCUT2D eigenvalue weighted by Crippen LogP contribution is -2.47. The first-order valence-electron chi connectivity index (χ1n) is 14.5. The van der Waals surface area contributed by atoms with Gasteiger partial charge in [0.15, 0.2) is 5.16 Å². The van der Waals surface area contributed by atoms with E-state index in [4.69, 9.17) is 16.3 Å². The molecule has 1 unspecified atom stereocenters. The van der Waals surface area contributed by atoms with Gasteiger partial charge in [-0.15, -0.1) is 0 Å². The minimum absolute atomic E-state index is 0.103. The molecule has 2 aliphatic rings. The number of piperazine rings is 1. The largest absolute Gasteiger partial charge is 0.466 e. The van der Waals surface area contributed by atoms with Crippen LogP contribution in [0.1, 0.15) is 41.3 Å². The summed E-state index contributed by atoms with van der Waals surface area (Å²) in [5, 5.41) is 0.813. The van der Waals surface area contributed by atoms with Gasteiger partial charge in [0.1, 0.15) is 11.0 Å². The lowest BCUT2D eigenvalue weighted by Gasteiger charge is -2.37. The van der Waals surface area contributed by atoms with E-state index < -0.39 is 11.7 Å². The van der Waals surface area contributed by atoms with E-state index in [2.05, 4.69) is 14.9 Å². The van der Waals surface area contributed by atoms with E-state index >= 15 is 0 Å². The van der Waals surface area contributed by atoms with Crippen molar-refractivity contribution in [3.05, 3.63) is 76.4 Å². The number of benzene rings is 2. The Morgan fingerprint density at radius 2 is 1.73 bits per heavy atom. The second-order valence-corrected chi connectivity index (χ2v) is 12.0. The van der Waals surface area contributed by atoms with Crippen LogP contribution in [0.3, 0.4) is 0 Å². The third-order valence-electron chi connectivity index (χ3n) is 7.70. The lowest BCUT2D eigenvalue weighted by molar-refractivity contribution is -0.149. The molecule has 1 atom stereocenters. The summed E-state index contributed by atoms with van der Waals surface area (Å²) >= 11 is 7.75. The van der Waals surface area contributed by atoms with Gasteiger partial charge < -0.3 is 19.4 Å². The molecular weight excluding hydrogens is 615 g/mol. The van der Waals surface area contributed by atoms with Crippen LogP contribution in [0.25, 0.3) is 0 Å². The molecule has 2 aliphatic heterocycles. The van der Waals surface area contributed by atoms with Crippen molar-refractivity contribution in [3.8, 4) is 0 Å². The number of carbonyl (C=O) groups is 2. The topological polar surface area (TPSA) is 78.9 Å². The van der Waals surface area contributed by atoms with Crippen molar-refractivity contribution in [2.24, 2.45) is 5.92 Å². The zero-order valence-corrected chi connectivity index (χ0v) is 25.8. The van der Waals surface area contributed by atoms with Crippen molar-refractivity contribution in [2.45, 2.75) is 36.9 Å². The number of likely N-dealkylation sites (tertiary alicyclic amines) is 1. The zero-order valence-electron chi connectivity index (χ0n) is 24.2. The molecule has 0 spiro atoms. The molecule has 8 nitrogen and oxygen atoms in total. The summed E-state index contributed by atoms with van der Waals surface area (Å²) in [7, 11) is 0. The van der Waals surface area contributed by atoms with E-state index in [9.17, 15) is 22.8 Å². The summed E-state index contributed by atoms with van der Waals surface area (Å²) < 4.78 is 44.6. The summed E-state index contributed by atoms with van der Waals surface area (Å²) in [4.78, 5) is 40.0. The predicted octanol–water partition coefficient (Wildman–Crippen LogP) is 6.18. The second-order valence-electron chi connectivity index (χ2n) is 10.7. The van der Waals surface area contributed by atoms with Crippen molar-refractivity contribution in [2.75, 3.05) is 55.7 Å². The third-order valence-corrected chi connectivity index (χ3v) is 8.81. The van der Waals surface area contributed by atoms with Gasteiger partial charge in [0, 0.05) is 62.3 Å². The van der Waals surface area contributed by atoms with Crippen LogP contribution >= 0.6 is 23.4 Å². The van der Waals surface area contributed by atoms with Crippen LogP contribution in [0.5, 0.6) is 0 Å². The Labute approximate surface area is 263 Å². The maximum absolute atomic E-state index is 13.2. The molecule has 3 aromatic rings. The first-order valence-corrected chi connectivity index (χ1v) is 15.9. The van der Waals surface area contributed by atoms with Crippen molar-refractivity contribution < 1.29 is 27.5 Å². The summed E-state index contributed by atoms with van der Waals surface area (Å²) in [6, 6.07) is 14.5. The van der Waals surface area contributed by atoms with Crippen LogP contribution in [0.2, 0.25) is 5.15 Å². The SMILES string of the molecule is CCOC(=O)C1CCCN(C(=O)c2ccc(CSc3nc(Cl)cc(N4CCN(c5cccc(C(F)(F)F)c5)CC4)n3)cc2)C1. The maximum Gasteiger partial charge on any atom is 0.416 e. The standard InChI is InChI=1S/C31H33ClF3N5O3S/c1-2-43-29(42)23-5-4-12-40(19-23)28(41)22-10-8-21(9-11-22)20-44-30-36-26(32)18-27(37-30)39-15-13-38(14-16-39)25-7-3-6-24(17-25)31(33,34)35/h3,6-11,17-18,23H,2,4-5,12-16,19-20H2,1H3. The smallest absolute Gasteiger partial charge is 0.416 e. The van der Waals surface area contributed by atoms with Crippen LogP contribution < -0.4 is 9.80 Å². The van der Waals surface area contributed by atoms with E-state index in [-0.39, 0.29) is 17.8 Å². The number of nitrogens with zero attached hydrogens (tertiary/aromatic N) is 5. The summed E-state index contributed by atoms with van der Waals surface area (Å²) in [5.41, 5.74) is 1.43. The monoisotopic (exact) mass is 647 g/mol. The first kappa shape index (κ1) is 31.9. The van der Waals surface area contributed by atoms with Crippen LogP contribution in [-0.4, -0.2) is 72.6 Å². The Hall–Kier alpha value is -3.51. The van der Waals surface area contributed by atoms with Gasteiger partial charge in [-0.2, -0.15) is 13.2 Å². The van der Waals surface area contributed by atoms with Gasteiger partial charge in [0.25, 0.3) is 5.91 Å².